The molecule has 1 fully saturated rings. The highest BCUT2D eigenvalue weighted by Crippen LogP contribution is 2.31. The number of aromatic nitrogens is 3. The topological polar surface area (TPSA) is 59.8 Å². The van der Waals surface area contributed by atoms with Crippen LogP contribution in [0.3, 0.4) is 0 Å². The van der Waals surface area contributed by atoms with Gasteiger partial charge < -0.3 is 5.32 Å². The van der Waals surface area contributed by atoms with Gasteiger partial charge in [-0.1, -0.05) is 40.9 Å². The number of amides is 1. The summed E-state index contributed by atoms with van der Waals surface area (Å²) in [6.07, 6.45) is 6.74. The Labute approximate surface area is 164 Å². The van der Waals surface area contributed by atoms with Crippen LogP contribution in [0, 0.1) is 0 Å². The molecule has 0 bridgehead atoms. The lowest BCUT2D eigenvalue weighted by Crippen LogP contribution is -2.19. The van der Waals surface area contributed by atoms with Gasteiger partial charge in [0.25, 0.3) is 0 Å². The van der Waals surface area contributed by atoms with Gasteiger partial charge >= 0.3 is 0 Å². The predicted molar refractivity (Wildman–Crippen MR) is 107 cm³/mol. The van der Waals surface area contributed by atoms with Gasteiger partial charge in [-0.3, -0.25) is 4.79 Å². The SMILES string of the molecule is O=C(Cc1csc(-c2cccc(Br)c2)n1)Nc1ccnn1C1CCCC1. The zero-order valence-electron chi connectivity index (χ0n) is 14.2. The van der Waals surface area contributed by atoms with Gasteiger partial charge in [0.15, 0.2) is 0 Å². The number of hydrogen-bond donors (Lipinski definition) is 1. The quantitative estimate of drug-likeness (QED) is 0.614. The van der Waals surface area contributed by atoms with Crippen LogP contribution in [-0.4, -0.2) is 20.7 Å². The van der Waals surface area contributed by atoms with E-state index in [0.29, 0.717) is 6.04 Å². The van der Waals surface area contributed by atoms with Crippen molar-refractivity contribution in [2.45, 2.75) is 38.1 Å². The van der Waals surface area contributed by atoms with Crippen molar-refractivity contribution < 1.29 is 4.79 Å². The molecule has 7 heteroatoms. The summed E-state index contributed by atoms with van der Waals surface area (Å²) in [6.45, 7) is 0. The van der Waals surface area contributed by atoms with Crippen molar-refractivity contribution in [2.24, 2.45) is 0 Å². The molecule has 0 atom stereocenters. The Morgan fingerprint density at radius 3 is 2.96 bits per heavy atom. The first-order valence-electron chi connectivity index (χ1n) is 8.73. The molecule has 1 amide bonds. The zero-order valence-corrected chi connectivity index (χ0v) is 16.6. The maximum Gasteiger partial charge on any atom is 0.231 e. The van der Waals surface area contributed by atoms with E-state index in [1.165, 1.54) is 12.8 Å². The van der Waals surface area contributed by atoms with Crippen LogP contribution < -0.4 is 5.32 Å². The number of halogens is 1. The summed E-state index contributed by atoms with van der Waals surface area (Å²) < 4.78 is 2.98. The van der Waals surface area contributed by atoms with E-state index in [1.54, 1.807) is 17.5 Å². The number of benzene rings is 1. The maximum atomic E-state index is 12.5. The van der Waals surface area contributed by atoms with Gasteiger partial charge in [0.2, 0.25) is 5.91 Å². The third kappa shape index (κ3) is 3.88. The largest absolute Gasteiger partial charge is 0.311 e. The second kappa shape index (κ2) is 7.72. The molecule has 1 N–H and O–H groups in total. The third-order valence-electron chi connectivity index (χ3n) is 4.57. The summed E-state index contributed by atoms with van der Waals surface area (Å²) in [5, 5.41) is 10.3. The van der Waals surface area contributed by atoms with E-state index in [-0.39, 0.29) is 12.3 Å². The lowest BCUT2D eigenvalue weighted by molar-refractivity contribution is -0.115. The number of carbonyl (C=O) groups excluding carboxylic acids is 1. The highest BCUT2D eigenvalue weighted by Gasteiger charge is 2.20. The zero-order chi connectivity index (χ0) is 17.9. The van der Waals surface area contributed by atoms with E-state index in [0.717, 1.165) is 39.4 Å². The van der Waals surface area contributed by atoms with Crippen LogP contribution in [0.2, 0.25) is 0 Å². The van der Waals surface area contributed by atoms with Crippen LogP contribution in [0.4, 0.5) is 5.82 Å². The number of nitrogens with zero attached hydrogens (tertiary/aromatic N) is 3. The number of carbonyl (C=O) groups is 1. The summed E-state index contributed by atoms with van der Waals surface area (Å²) in [5.41, 5.74) is 1.84. The second-order valence-corrected chi connectivity index (χ2v) is 8.25. The van der Waals surface area contributed by atoms with Crippen molar-refractivity contribution in [3.63, 3.8) is 0 Å². The van der Waals surface area contributed by atoms with Gasteiger partial charge in [0.05, 0.1) is 24.4 Å². The molecule has 26 heavy (non-hydrogen) atoms. The van der Waals surface area contributed by atoms with Gasteiger partial charge in [-0.25, -0.2) is 9.67 Å². The Morgan fingerprint density at radius 1 is 1.31 bits per heavy atom. The highest BCUT2D eigenvalue weighted by molar-refractivity contribution is 9.10. The monoisotopic (exact) mass is 430 g/mol. The molecule has 0 saturated heterocycles. The maximum absolute atomic E-state index is 12.5. The van der Waals surface area contributed by atoms with Crippen molar-refractivity contribution in [1.82, 2.24) is 14.8 Å². The minimum atomic E-state index is -0.0594. The fraction of sp³-hybridized carbons (Fsp3) is 0.316. The molecule has 1 aliphatic carbocycles. The van der Waals surface area contributed by atoms with Crippen LogP contribution in [0.1, 0.15) is 37.4 Å². The van der Waals surface area contributed by atoms with Crippen molar-refractivity contribution in [3.8, 4) is 10.6 Å². The average Bonchev–Trinajstić information content (AvgIpc) is 3.36. The second-order valence-electron chi connectivity index (χ2n) is 6.48. The summed E-state index contributed by atoms with van der Waals surface area (Å²) >= 11 is 5.03. The third-order valence-corrected chi connectivity index (χ3v) is 6.01. The Kier molecular flexibility index (Phi) is 5.17. The van der Waals surface area contributed by atoms with Gasteiger partial charge in [0, 0.05) is 21.5 Å². The number of nitrogens with one attached hydrogen (secondary N) is 1. The standard InChI is InChI=1S/C19H19BrN4OS/c20-14-5-3-4-13(10-14)19-22-15(12-26-19)11-18(25)23-17-8-9-21-24(17)16-6-1-2-7-16/h3-5,8-10,12,16H,1-2,6-7,11H2,(H,23,25). The minimum absolute atomic E-state index is 0.0594. The van der Waals surface area contributed by atoms with Gasteiger partial charge in [-0.15, -0.1) is 11.3 Å². The predicted octanol–water partition coefficient (Wildman–Crippen LogP) is 5.07. The summed E-state index contributed by atoms with van der Waals surface area (Å²) in [5.74, 6) is 0.722. The lowest BCUT2D eigenvalue weighted by atomic mass is 10.2. The van der Waals surface area contributed by atoms with Crippen molar-refractivity contribution in [1.29, 1.82) is 0 Å². The highest BCUT2D eigenvalue weighted by atomic mass is 79.9. The number of thiazole rings is 1. The molecular weight excluding hydrogens is 412 g/mol. The van der Waals surface area contributed by atoms with E-state index >= 15 is 0 Å². The Bertz CT molecular complexity index is 914. The normalized spacial score (nSPS) is 14.7. The smallest absolute Gasteiger partial charge is 0.231 e. The fourth-order valence-electron chi connectivity index (χ4n) is 3.35. The van der Waals surface area contributed by atoms with Gasteiger partial charge in [-0.05, 0) is 25.0 Å². The minimum Gasteiger partial charge on any atom is -0.311 e. The van der Waals surface area contributed by atoms with Crippen LogP contribution in [0.15, 0.2) is 46.4 Å². The van der Waals surface area contributed by atoms with Crippen molar-refractivity contribution in [3.05, 3.63) is 52.1 Å². The van der Waals surface area contributed by atoms with Crippen LogP contribution >= 0.6 is 27.3 Å². The first kappa shape index (κ1) is 17.4. The number of hydrogen-bond acceptors (Lipinski definition) is 4. The lowest BCUT2D eigenvalue weighted by Gasteiger charge is -2.14. The van der Waals surface area contributed by atoms with E-state index < -0.39 is 0 Å². The van der Waals surface area contributed by atoms with Crippen LogP contribution in [0.25, 0.3) is 10.6 Å². The first-order chi connectivity index (χ1) is 12.7. The molecule has 2 heterocycles. The number of anilines is 1. The van der Waals surface area contributed by atoms with E-state index in [1.807, 2.05) is 40.4 Å². The molecule has 134 valence electrons. The van der Waals surface area contributed by atoms with E-state index in [4.69, 9.17) is 0 Å². The van der Waals surface area contributed by atoms with Gasteiger partial charge in [-0.2, -0.15) is 5.10 Å². The summed E-state index contributed by atoms with van der Waals surface area (Å²) in [7, 11) is 0. The Hall–Kier alpha value is -1.99. The first-order valence-corrected chi connectivity index (χ1v) is 10.4. The molecule has 1 aliphatic rings. The molecule has 2 aromatic heterocycles. The Morgan fingerprint density at radius 2 is 2.15 bits per heavy atom. The molecule has 0 radical (unpaired) electrons. The summed E-state index contributed by atoms with van der Waals surface area (Å²) in [6, 6.07) is 10.3. The van der Waals surface area contributed by atoms with Crippen LogP contribution in [0.5, 0.6) is 0 Å². The number of rotatable bonds is 5. The molecule has 3 aromatic rings. The molecule has 0 aliphatic heterocycles. The molecule has 4 rings (SSSR count). The van der Waals surface area contributed by atoms with E-state index in [9.17, 15) is 4.79 Å². The molecule has 5 nitrogen and oxygen atoms in total. The summed E-state index contributed by atoms with van der Waals surface area (Å²) in [4.78, 5) is 17.1. The van der Waals surface area contributed by atoms with Crippen molar-refractivity contribution in [2.75, 3.05) is 5.32 Å². The fourth-order valence-corrected chi connectivity index (χ4v) is 4.56. The molecule has 0 unspecified atom stereocenters. The van der Waals surface area contributed by atoms with E-state index in [2.05, 4.69) is 31.3 Å². The van der Waals surface area contributed by atoms with Gasteiger partial charge in [0.1, 0.15) is 10.8 Å². The average molecular weight is 431 g/mol. The molecule has 0 spiro atoms. The van der Waals surface area contributed by atoms with Crippen molar-refractivity contribution >= 4 is 39.0 Å². The molecule has 1 aromatic carbocycles. The van der Waals surface area contributed by atoms with Crippen LogP contribution in [-0.2, 0) is 11.2 Å². The molecule has 1 saturated carbocycles. The molecular formula is C19H19BrN4OS. The Balaban J connectivity index is 1.42.